The lowest BCUT2D eigenvalue weighted by Crippen LogP contribution is -1.97. The van der Waals surface area contributed by atoms with Crippen LogP contribution in [0.2, 0.25) is 0 Å². The van der Waals surface area contributed by atoms with Crippen LogP contribution >= 0.6 is 0 Å². The normalized spacial score (nSPS) is 8.57. The lowest BCUT2D eigenvalue weighted by molar-refractivity contribution is 0.320. The summed E-state index contributed by atoms with van der Waals surface area (Å²) in [7, 11) is 1.79. The van der Waals surface area contributed by atoms with E-state index in [-0.39, 0.29) is 5.75 Å². The SMILES string of the molecule is CC.CCOc1c(O)cccc1NC. The minimum Gasteiger partial charge on any atom is -0.504 e. The average Bonchev–Trinajstić information content (AvgIpc) is 2.24. The molecule has 1 aromatic rings. The van der Waals surface area contributed by atoms with Gasteiger partial charge in [0.15, 0.2) is 11.5 Å². The van der Waals surface area contributed by atoms with E-state index in [1.807, 2.05) is 26.8 Å². The first-order chi connectivity index (χ1) is 6.79. The van der Waals surface area contributed by atoms with Crippen molar-refractivity contribution in [1.29, 1.82) is 0 Å². The van der Waals surface area contributed by atoms with Crippen molar-refractivity contribution >= 4 is 5.69 Å². The Hall–Kier alpha value is -1.38. The molecular formula is C11H19NO2. The van der Waals surface area contributed by atoms with Gasteiger partial charge < -0.3 is 15.2 Å². The van der Waals surface area contributed by atoms with Crippen molar-refractivity contribution in [3.63, 3.8) is 0 Å². The lowest BCUT2D eigenvalue weighted by atomic mass is 10.2. The quantitative estimate of drug-likeness (QED) is 0.783. The van der Waals surface area contributed by atoms with E-state index in [2.05, 4.69) is 5.32 Å². The van der Waals surface area contributed by atoms with E-state index >= 15 is 0 Å². The summed E-state index contributed by atoms with van der Waals surface area (Å²) in [6, 6.07) is 5.22. The molecule has 0 bridgehead atoms. The zero-order valence-electron chi connectivity index (χ0n) is 9.29. The first kappa shape index (κ1) is 12.6. The summed E-state index contributed by atoms with van der Waals surface area (Å²) >= 11 is 0. The van der Waals surface area contributed by atoms with Gasteiger partial charge in [0, 0.05) is 7.05 Å². The number of anilines is 1. The summed E-state index contributed by atoms with van der Waals surface area (Å²) in [5.74, 6) is 0.686. The summed E-state index contributed by atoms with van der Waals surface area (Å²) in [6.07, 6.45) is 0. The number of phenolic OH excluding ortho intramolecular Hbond substituents is 1. The Bertz CT molecular complexity index is 261. The molecule has 0 amide bonds. The molecular weight excluding hydrogens is 178 g/mol. The van der Waals surface area contributed by atoms with E-state index in [0.29, 0.717) is 12.4 Å². The van der Waals surface area contributed by atoms with Crippen molar-refractivity contribution < 1.29 is 9.84 Å². The van der Waals surface area contributed by atoms with Crippen LogP contribution in [0.15, 0.2) is 18.2 Å². The van der Waals surface area contributed by atoms with Crippen LogP contribution in [0.25, 0.3) is 0 Å². The number of ether oxygens (including phenoxy) is 1. The van der Waals surface area contributed by atoms with Gasteiger partial charge in [-0.3, -0.25) is 0 Å². The summed E-state index contributed by atoms with van der Waals surface area (Å²) in [4.78, 5) is 0. The monoisotopic (exact) mass is 197 g/mol. The highest BCUT2D eigenvalue weighted by Crippen LogP contribution is 2.33. The van der Waals surface area contributed by atoms with Gasteiger partial charge in [0.25, 0.3) is 0 Å². The van der Waals surface area contributed by atoms with E-state index in [1.54, 1.807) is 19.2 Å². The van der Waals surface area contributed by atoms with E-state index in [0.717, 1.165) is 5.69 Å². The topological polar surface area (TPSA) is 41.5 Å². The van der Waals surface area contributed by atoms with Gasteiger partial charge in [-0.05, 0) is 19.1 Å². The predicted octanol–water partition coefficient (Wildman–Crippen LogP) is 2.86. The van der Waals surface area contributed by atoms with Crippen LogP contribution in [0, 0.1) is 0 Å². The highest BCUT2D eigenvalue weighted by molar-refractivity contribution is 5.62. The number of hydrogen-bond donors (Lipinski definition) is 2. The molecule has 0 atom stereocenters. The standard InChI is InChI=1S/C9H13NO2.C2H6/c1-3-12-9-7(10-2)5-4-6-8(9)11;1-2/h4-6,10-11H,3H2,1-2H3;1-2H3. The molecule has 0 saturated carbocycles. The second-order valence-corrected chi connectivity index (χ2v) is 2.34. The molecule has 0 radical (unpaired) electrons. The molecule has 1 rings (SSSR count). The van der Waals surface area contributed by atoms with E-state index in [1.165, 1.54) is 0 Å². The van der Waals surface area contributed by atoms with Gasteiger partial charge in [-0.2, -0.15) is 0 Å². The maximum atomic E-state index is 9.39. The fraction of sp³-hybridized carbons (Fsp3) is 0.455. The van der Waals surface area contributed by atoms with Gasteiger partial charge >= 0.3 is 0 Å². The third kappa shape index (κ3) is 3.17. The minimum atomic E-state index is 0.170. The molecule has 1 aromatic carbocycles. The first-order valence-electron chi connectivity index (χ1n) is 4.92. The van der Waals surface area contributed by atoms with Crippen molar-refractivity contribution in [3.8, 4) is 11.5 Å². The van der Waals surface area contributed by atoms with Crippen LogP contribution in [0.1, 0.15) is 20.8 Å². The Morgan fingerprint density at radius 1 is 1.36 bits per heavy atom. The highest BCUT2D eigenvalue weighted by atomic mass is 16.5. The van der Waals surface area contributed by atoms with Crippen LogP contribution in [0.3, 0.4) is 0 Å². The highest BCUT2D eigenvalue weighted by Gasteiger charge is 2.05. The molecule has 0 aliphatic carbocycles. The van der Waals surface area contributed by atoms with Crippen LogP contribution in [0.5, 0.6) is 11.5 Å². The predicted molar refractivity (Wildman–Crippen MR) is 60.2 cm³/mol. The maximum Gasteiger partial charge on any atom is 0.184 e. The molecule has 0 unspecified atom stereocenters. The van der Waals surface area contributed by atoms with Crippen LogP contribution in [-0.4, -0.2) is 18.8 Å². The zero-order valence-corrected chi connectivity index (χ0v) is 9.29. The van der Waals surface area contributed by atoms with E-state index in [4.69, 9.17) is 4.74 Å². The number of para-hydroxylation sites is 1. The number of nitrogens with one attached hydrogen (secondary N) is 1. The zero-order chi connectivity index (χ0) is 11.0. The smallest absolute Gasteiger partial charge is 0.184 e. The van der Waals surface area contributed by atoms with Crippen molar-refractivity contribution in [2.75, 3.05) is 19.0 Å². The molecule has 3 nitrogen and oxygen atoms in total. The molecule has 3 heteroatoms. The fourth-order valence-corrected chi connectivity index (χ4v) is 1.02. The molecule has 2 N–H and O–H groups in total. The number of benzene rings is 1. The molecule has 0 aliphatic heterocycles. The van der Waals surface area contributed by atoms with E-state index < -0.39 is 0 Å². The molecule has 0 saturated heterocycles. The molecule has 0 aliphatic rings. The Labute approximate surface area is 85.7 Å². The lowest BCUT2D eigenvalue weighted by Gasteiger charge is -2.10. The Kier molecular flexibility index (Phi) is 6.37. The van der Waals surface area contributed by atoms with Gasteiger partial charge in [0.2, 0.25) is 0 Å². The van der Waals surface area contributed by atoms with Gasteiger partial charge in [0.1, 0.15) is 0 Å². The summed E-state index contributed by atoms with van der Waals surface area (Å²) in [5, 5.41) is 12.3. The molecule has 0 fully saturated rings. The first-order valence-corrected chi connectivity index (χ1v) is 4.92. The Morgan fingerprint density at radius 2 is 2.00 bits per heavy atom. The maximum absolute atomic E-state index is 9.39. The van der Waals surface area contributed by atoms with Crippen molar-refractivity contribution in [2.45, 2.75) is 20.8 Å². The number of rotatable bonds is 3. The summed E-state index contributed by atoms with van der Waals surface area (Å²) in [5.41, 5.74) is 0.803. The largest absolute Gasteiger partial charge is 0.504 e. The molecule has 0 heterocycles. The minimum absolute atomic E-state index is 0.170. The number of hydrogen-bond acceptors (Lipinski definition) is 3. The van der Waals surface area contributed by atoms with Crippen molar-refractivity contribution in [1.82, 2.24) is 0 Å². The van der Waals surface area contributed by atoms with Crippen molar-refractivity contribution in [2.24, 2.45) is 0 Å². The van der Waals surface area contributed by atoms with Gasteiger partial charge in [-0.1, -0.05) is 19.9 Å². The number of phenols is 1. The third-order valence-electron chi connectivity index (χ3n) is 1.55. The molecule has 0 spiro atoms. The van der Waals surface area contributed by atoms with Crippen molar-refractivity contribution in [3.05, 3.63) is 18.2 Å². The molecule has 0 aromatic heterocycles. The summed E-state index contributed by atoms with van der Waals surface area (Å²) < 4.78 is 5.25. The van der Waals surface area contributed by atoms with Gasteiger partial charge in [-0.15, -0.1) is 0 Å². The van der Waals surface area contributed by atoms with E-state index in [9.17, 15) is 5.11 Å². The van der Waals surface area contributed by atoms with Crippen LogP contribution in [-0.2, 0) is 0 Å². The van der Waals surface area contributed by atoms with Gasteiger partial charge in [0.05, 0.1) is 12.3 Å². The summed E-state index contributed by atoms with van der Waals surface area (Å²) in [6.45, 7) is 6.43. The van der Waals surface area contributed by atoms with Crippen LogP contribution < -0.4 is 10.1 Å². The Balaban J connectivity index is 0.000000791. The fourth-order valence-electron chi connectivity index (χ4n) is 1.02. The van der Waals surface area contributed by atoms with Crippen LogP contribution in [0.4, 0.5) is 5.69 Å². The second-order valence-electron chi connectivity index (χ2n) is 2.34. The molecule has 80 valence electrons. The molecule has 14 heavy (non-hydrogen) atoms. The second kappa shape index (κ2) is 7.06. The average molecular weight is 197 g/mol. The third-order valence-corrected chi connectivity index (χ3v) is 1.55. The van der Waals surface area contributed by atoms with Gasteiger partial charge in [-0.25, -0.2) is 0 Å². The number of aromatic hydroxyl groups is 1. The Morgan fingerprint density at radius 3 is 2.50 bits per heavy atom.